The number of rotatable bonds is 0. The molecule has 2 amide bonds. The van der Waals surface area contributed by atoms with Crippen LogP contribution in [0, 0.1) is 0 Å². The predicted molar refractivity (Wildman–Crippen MR) is 75.2 cm³/mol. The Hall–Kier alpha value is -0.950. The van der Waals surface area contributed by atoms with Gasteiger partial charge >= 0.3 is 6.09 Å². The van der Waals surface area contributed by atoms with Crippen molar-refractivity contribution in [3.05, 3.63) is 14.5 Å². The van der Waals surface area contributed by atoms with Crippen molar-refractivity contribution in [1.29, 1.82) is 0 Å². The molecule has 1 aromatic rings. The second-order valence-corrected chi connectivity index (χ2v) is 8.10. The quantitative estimate of drug-likeness (QED) is 0.720. The normalized spacial score (nSPS) is 17.6. The minimum Gasteiger partial charge on any atom is -0.443 e. The Kier molecular flexibility index (Phi) is 3.25. The third-order valence-corrected chi connectivity index (χ3v) is 4.52. The predicted octanol–water partition coefficient (Wildman–Crippen LogP) is 3.53. The van der Waals surface area contributed by atoms with Crippen molar-refractivity contribution in [2.75, 3.05) is 0 Å². The standard InChI is InChI=1S/C12H15BrN2O3S/c1-11(2,3)18-10(17)15-8(16)6-7(12(15,4)5)19-9(13)14-6/h1-5H3. The number of thiazole rings is 1. The molecular weight excluding hydrogens is 332 g/mol. The van der Waals surface area contributed by atoms with Crippen molar-refractivity contribution in [2.45, 2.75) is 45.8 Å². The van der Waals surface area contributed by atoms with Gasteiger partial charge in [-0.1, -0.05) is 0 Å². The average molecular weight is 347 g/mol. The third kappa shape index (κ3) is 2.41. The lowest BCUT2D eigenvalue weighted by molar-refractivity contribution is 0.00959. The van der Waals surface area contributed by atoms with Crippen LogP contribution < -0.4 is 0 Å². The zero-order valence-electron chi connectivity index (χ0n) is 11.4. The van der Waals surface area contributed by atoms with Crippen molar-refractivity contribution >= 4 is 39.3 Å². The largest absolute Gasteiger partial charge is 0.443 e. The summed E-state index contributed by atoms with van der Waals surface area (Å²) >= 11 is 4.63. The number of carbonyl (C=O) groups is 2. The van der Waals surface area contributed by atoms with Crippen LogP contribution in [0.3, 0.4) is 0 Å². The van der Waals surface area contributed by atoms with Crippen molar-refractivity contribution in [1.82, 2.24) is 9.88 Å². The van der Waals surface area contributed by atoms with Gasteiger partial charge < -0.3 is 4.74 Å². The van der Waals surface area contributed by atoms with Gasteiger partial charge in [0.2, 0.25) is 0 Å². The van der Waals surface area contributed by atoms with E-state index in [1.54, 1.807) is 20.8 Å². The third-order valence-electron chi connectivity index (χ3n) is 2.70. The molecule has 0 bridgehead atoms. The molecule has 104 valence electrons. The number of hydrogen-bond acceptors (Lipinski definition) is 5. The number of nitrogens with zero attached hydrogens (tertiary/aromatic N) is 2. The first-order valence-electron chi connectivity index (χ1n) is 5.78. The molecule has 0 saturated carbocycles. The van der Waals surface area contributed by atoms with Crippen LogP contribution in [0.15, 0.2) is 3.92 Å². The molecule has 0 N–H and O–H groups in total. The van der Waals surface area contributed by atoms with Crippen molar-refractivity contribution in [3.63, 3.8) is 0 Å². The van der Waals surface area contributed by atoms with E-state index in [2.05, 4.69) is 20.9 Å². The Morgan fingerprint density at radius 3 is 2.47 bits per heavy atom. The summed E-state index contributed by atoms with van der Waals surface area (Å²) < 4.78 is 5.93. The fourth-order valence-corrected chi connectivity index (χ4v) is 3.47. The number of ether oxygens (including phenoxy) is 1. The lowest BCUT2D eigenvalue weighted by Gasteiger charge is -2.31. The van der Waals surface area contributed by atoms with Gasteiger partial charge in [-0.3, -0.25) is 4.79 Å². The monoisotopic (exact) mass is 346 g/mol. The molecule has 0 radical (unpaired) electrons. The zero-order chi connectivity index (χ0) is 14.6. The maximum Gasteiger partial charge on any atom is 0.418 e. The molecule has 0 aliphatic carbocycles. The highest BCUT2D eigenvalue weighted by atomic mass is 79.9. The first-order chi connectivity index (χ1) is 8.54. The zero-order valence-corrected chi connectivity index (χ0v) is 13.8. The summed E-state index contributed by atoms with van der Waals surface area (Å²) in [7, 11) is 0. The summed E-state index contributed by atoms with van der Waals surface area (Å²) in [6.45, 7) is 8.92. The highest BCUT2D eigenvalue weighted by Gasteiger charge is 2.50. The lowest BCUT2D eigenvalue weighted by atomic mass is 10.1. The molecule has 1 aliphatic rings. The van der Waals surface area contributed by atoms with Gasteiger partial charge in [0.05, 0.1) is 10.4 Å². The molecule has 1 aliphatic heterocycles. The van der Waals surface area contributed by atoms with Gasteiger partial charge in [0.1, 0.15) is 11.3 Å². The first-order valence-corrected chi connectivity index (χ1v) is 7.39. The van der Waals surface area contributed by atoms with Crippen LogP contribution in [0.1, 0.15) is 50.0 Å². The summed E-state index contributed by atoms with van der Waals surface area (Å²) in [6, 6.07) is 0. The van der Waals surface area contributed by atoms with E-state index >= 15 is 0 Å². The van der Waals surface area contributed by atoms with Gasteiger partial charge in [-0.15, -0.1) is 11.3 Å². The molecule has 2 heterocycles. The fourth-order valence-electron chi connectivity index (χ4n) is 1.93. The highest BCUT2D eigenvalue weighted by molar-refractivity contribution is 9.11. The molecule has 0 spiro atoms. The van der Waals surface area contributed by atoms with Crippen molar-refractivity contribution in [2.24, 2.45) is 0 Å². The fraction of sp³-hybridized carbons (Fsp3) is 0.583. The molecule has 7 heteroatoms. The van der Waals surface area contributed by atoms with Gasteiger partial charge in [0.25, 0.3) is 5.91 Å². The summed E-state index contributed by atoms with van der Waals surface area (Å²) in [4.78, 5) is 30.5. The number of amides is 2. The smallest absolute Gasteiger partial charge is 0.418 e. The van der Waals surface area contributed by atoms with Gasteiger partial charge in [-0.2, -0.15) is 0 Å². The van der Waals surface area contributed by atoms with E-state index in [1.807, 2.05) is 13.8 Å². The van der Waals surface area contributed by atoms with Crippen LogP contribution in [0.25, 0.3) is 0 Å². The van der Waals surface area contributed by atoms with E-state index in [9.17, 15) is 9.59 Å². The Labute approximate surface area is 124 Å². The summed E-state index contributed by atoms with van der Waals surface area (Å²) in [5.74, 6) is -0.406. The Bertz CT molecular complexity index is 560. The molecule has 0 fully saturated rings. The Morgan fingerprint density at radius 2 is 2.00 bits per heavy atom. The number of carbonyl (C=O) groups excluding carboxylic acids is 2. The van der Waals surface area contributed by atoms with E-state index in [-0.39, 0.29) is 0 Å². The van der Waals surface area contributed by atoms with Crippen LogP contribution in [0.5, 0.6) is 0 Å². The second kappa shape index (κ2) is 4.28. The number of hydrogen-bond donors (Lipinski definition) is 0. The maximum atomic E-state index is 12.3. The molecular formula is C12H15BrN2O3S. The minimum absolute atomic E-state index is 0.327. The number of imide groups is 1. The van der Waals surface area contributed by atoms with Gasteiger partial charge in [0.15, 0.2) is 3.92 Å². The van der Waals surface area contributed by atoms with Crippen LogP contribution in [0.4, 0.5) is 4.79 Å². The van der Waals surface area contributed by atoms with Gasteiger partial charge in [-0.25, -0.2) is 14.7 Å². The van der Waals surface area contributed by atoms with E-state index in [4.69, 9.17) is 4.74 Å². The first kappa shape index (κ1) is 14.5. The maximum absolute atomic E-state index is 12.3. The highest BCUT2D eigenvalue weighted by Crippen LogP contribution is 2.43. The Morgan fingerprint density at radius 1 is 1.42 bits per heavy atom. The van der Waals surface area contributed by atoms with E-state index in [0.717, 1.165) is 9.78 Å². The summed E-state index contributed by atoms with van der Waals surface area (Å²) in [5, 5.41) is 0. The summed E-state index contributed by atoms with van der Waals surface area (Å²) in [5.41, 5.74) is -1.05. The SMILES string of the molecule is CC(C)(C)OC(=O)N1C(=O)c2nc(Br)sc2C1(C)C. The van der Waals surface area contributed by atoms with Crippen LogP contribution in [0.2, 0.25) is 0 Å². The molecule has 2 rings (SSSR count). The molecule has 1 aromatic heterocycles. The molecule has 5 nitrogen and oxygen atoms in total. The van der Waals surface area contributed by atoms with E-state index < -0.39 is 23.1 Å². The molecule has 0 atom stereocenters. The number of fused-ring (bicyclic) bond motifs is 1. The number of aromatic nitrogens is 1. The topological polar surface area (TPSA) is 59.5 Å². The van der Waals surface area contributed by atoms with Crippen molar-refractivity contribution < 1.29 is 14.3 Å². The molecule has 19 heavy (non-hydrogen) atoms. The number of halogens is 1. The van der Waals surface area contributed by atoms with Crippen LogP contribution >= 0.6 is 27.3 Å². The molecule has 0 aromatic carbocycles. The Balaban J connectivity index is 2.38. The van der Waals surface area contributed by atoms with Gasteiger partial charge in [0, 0.05) is 0 Å². The second-order valence-electron chi connectivity index (χ2n) is 5.82. The van der Waals surface area contributed by atoms with Crippen LogP contribution in [-0.2, 0) is 10.3 Å². The summed E-state index contributed by atoms with van der Waals surface area (Å²) in [6.07, 6.45) is -0.635. The lowest BCUT2D eigenvalue weighted by Crippen LogP contribution is -2.46. The minimum atomic E-state index is -0.738. The molecule has 0 unspecified atom stereocenters. The van der Waals surface area contributed by atoms with Crippen LogP contribution in [-0.4, -0.2) is 27.5 Å². The van der Waals surface area contributed by atoms with Gasteiger partial charge in [-0.05, 0) is 50.5 Å². The van der Waals surface area contributed by atoms with E-state index in [0.29, 0.717) is 9.61 Å². The average Bonchev–Trinajstić information content (AvgIpc) is 2.63. The van der Waals surface area contributed by atoms with Crippen molar-refractivity contribution in [3.8, 4) is 0 Å². The molecule has 0 saturated heterocycles. The van der Waals surface area contributed by atoms with E-state index in [1.165, 1.54) is 11.3 Å².